The van der Waals surface area contributed by atoms with Crippen molar-refractivity contribution < 1.29 is 49.4 Å². The van der Waals surface area contributed by atoms with E-state index >= 15 is 0 Å². The fraction of sp³-hybridized carbons (Fsp3) is 0.327. The van der Waals surface area contributed by atoms with Gasteiger partial charge in [-0.1, -0.05) is 55.3 Å². The summed E-state index contributed by atoms with van der Waals surface area (Å²) in [5.41, 5.74) is 0.382. The Morgan fingerprint density at radius 2 is 1.62 bits per heavy atom. The van der Waals surface area contributed by atoms with E-state index in [-0.39, 0.29) is 42.0 Å². The number of benzene rings is 4. The molecule has 6 aromatic rings. The number of carbonyl (C=O) groups is 2. The molecule has 21 heteroatoms. The smallest absolute Gasteiger partial charge is 0.481 e. The Morgan fingerprint density at radius 1 is 0.890 bits per heavy atom. The van der Waals surface area contributed by atoms with Crippen LogP contribution in [0.1, 0.15) is 67.4 Å². The fourth-order valence-electron chi connectivity index (χ4n) is 9.02. The summed E-state index contributed by atoms with van der Waals surface area (Å²) in [6, 6.07) is 25.4. The number of nitrogens with one attached hydrogen (secondary N) is 4. The number of ether oxygens (including phenoxy) is 1. The molecular formula is C52H55ClF3N7O8S2. The van der Waals surface area contributed by atoms with Crippen molar-refractivity contribution in [1.29, 1.82) is 0 Å². The van der Waals surface area contributed by atoms with E-state index in [0.29, 0.717) is 59.4 Å². The number of aliphatic carboxylic acids is 1. The number of nitrogens with zero attached hydrogens (tertiary/aromatic N) is 3. The van der Waals surface area contributed by atoms with Gasteiger partial charge in [-0.3, -0.25) is 14.5 Å². The lowest BCUT2D eigenvalue weighted by Crippen LogP contribution is -2.47. The zero-order valence-electron chi connectivity index (χ0n) is 40.1. The Balaban J connectivity index is 0.987. The van der Waals surface area contributed by atoms with Crippen LogP contribution < -0.4 is 25.0 Å². The Labute approximate surface area is 426 Å². The molecule has 1 aliphatic heterocycles. The van der Waals surface area contributed by atoms with Gasteiger partial charge >= 0.3 is 11.5 Å². The highest BCUT2D eigenvalue weighted by molar-refractivity contribution is 7.92. The molecule has 3 heterocycles. The molecule has 1 aliphatic carbocycles. The van der Waals surface area contributed by atoms with Gasteiger partial charge in [-0.05, 0) is 121 Å². The molecule has 4 aromatic carbocycles. The summed E-state index contributed by atoms with van der Waals surface area (Å²) in [5.74, 6) is -1.89. The van der Waals surface area contributed by atoms with Crippen LogP contribution in [-0.4, -0.2) is 100 Å². The second kappa shape index (κ2) is 21.9. The van der Waals surface area contributed by atoms with Crippen molar-refractivity contribution in [3.05, 3.63) is 137 Å². The van der Waals surface area contributed by atoms with Crippen LogP contribution in [0.3, 0.4) is 0 Å². The predicted molar refractivity (Wildman–Crippen MR) is 276 cm³/mol. The van der Waals surface area contributed by atoms with Crippen LogP contribution in [0.2, 0.25) is 5.02 Å². The van der Waals surface area contributed by atoms with Gasteiger partial charge in [0.2, 0.25) is 0 Å². The first-order valence-corrected chi connectivity index (χ1v) is 27.0. The minimum atomic E-state index is -6.12. The van der Waals surface area contributed by atoms with Gasteiger partial charge in [-0.25, -0.2) is 26.5 Å². The molecule has 386 valence electrons. The number of halogens is 4. The maximum Gasteiger partial charge on any atom is 0.501 e. The Bertz CT molecular complexity index is 3250. The van der Waals surface area contributed by atoms with Crippen LogP contribution in [0.5, 0.6) is 11.5 Å². The summed E-state index contributed by atoms with van der Waals surface area (Å²) in [7, 11) is -11.1. The van der Waals surface area contributed by atoms with E-state index in [2.05, 4.69) is 56.4 Å². The zero-order chi connectivity index (χ0) is 52.1. The summed E-state index contributed by atoms with van der Waals surface area (Å²) < 4.78 is 104. The third-order valence-corrected chi connectivity index (χ3v) is 16.1. The number of amides is 1. The number of aromatic amines is 1. The SMILES string of the molecule is CC1(C)CCC(CN2CCN(c3ccc(C(=O)NS(=O)(=O)c4ccc(NCCNc5ccc(CCCC(=O)O)cc5)c(S(=O)(=O)C(F)(F)F)c4)c(Oc4cnc5[nH]ccc5c4)c3)CC2)=C(c2ccc(Cl)cc2)C1. The molecule has 2 aromatic heterocycles. The third-order valence-electron chi connectivity index (χ3n) is 13.0. The molecule has 5 N–H and O–H groups in total. The first-order valence-electron chi connectivity index (χ1n) is 23.6. The lowest BCUT2D eigenvalue weighted by atomic mass is 9.72. The number of pyridine rings is 1. The van der Waals surface area contributed by atoms with Gasteiger partial charge in [0, 0.05) is 86.3 Å². The molecule has 0 bridgehead atoms. The van der Waals surface area contributed by atoms with Gasteiger partial charge < -0.3 is 30.4 Å². The molecule has 0 radical (unpaired) electrons. The lowest BCUT2D eigenvalue weighted by Gasteiger charge is -2.39. The van der Waals surface area contributed by atoms with E-state index in [9.17, 15) is 39.6 Å². The average Bonchev–Trinajstić information content (AvgIpc) is 3.82. The number of rotatable bonds is 19. The van der Waals surface area contributed by atoms with Crippen molar-refractivity contribution >= 4 is 77.0 Å². The number of alkyl halides is 3. The van der Waals surface area contributed by atoms with Gasteiger partial charge in [0.1, 0.15) is 22.0 Å². The number of sulfone groups is 1. The minimum Gasteiger partial charge on any atom is -0.481 e. The van der Waals surface area contributed by atoms with Gasteiger partial charge in [-0.2, -0.15) is 13.2 Å². The van der Waals surface area contributed by atoms with Crippen LogP contribution in [-0.2, 0) is 31.1 Å². The number of aryl methyl sites for hydroxylation is 1. The second-order valence-electron chi connectivity index (χ2n) is 18.9. The largest absolute Gasteiger partial charge is 0.501 e. The van der Waals surface area contributed by atoms with Crippen LogP contribution in [0, 0.1) is 5.41 Å². The number of fused-ring (bicyclic) bond motifs is 1. The number of aromatic nitrogens is 2. The molecule has 0 atom stereocenters. The first kappa shape index (κ1) is 52.7. The van der Waals surface area contributed by atoms with Crippen LogP contribution in [0.25, 0.3) is 16.6 Å². The Kier molecular flexibility index (Phi) is 15.8. The summed E-state index contributed by atoms with van der Waals surface area (Å²) in [5, 5.41) is 16.0. The molecule has 1 saturated heterocycles. The van der Waals surface area contributed by atoms with Crippen LogP contribution >= 0.6 is 11.6 Å². The van der Waals surface area contributed by atoms with Crippen molar-refractivity contribution in [3.63, 3.8) is 0 Å². The summed E-state index contributed by atoms with van der Waals surface area (Å²) in [6.07, 6.45) is 7.20. The molecule has 0 spiro atoms. The molecule has 15 nitrogen and oxygen atoms in total. The quantitative estimate of drug-likeness (QED) is 0.0480. The number of carboxylic acid groups (broad SMARTS) is 1. The lowest BCUT2D eigenvalue weighted by molar-refractivity contribution is -0.137. The molecule has 1 fully saturated rings. The summed E-state index contributed by atoms with van der Waals surface area (Å²) in [4.78, 5) is 34.5. The maximum atomic E-state index is 14.1. The van der Waals surface area contributed by atoms with Crippen molar-refractivity contribution in [3.8, 4) is 11.5 Å². The van der Waals surface area contributed by atoms with Crippen molar-refractivity contribution in [2.24, 2.45) is 5.41 Å². The monoisotopic (exact) mass is 1060 g/mol. The molecule has 0 saturated carbocycles. The fourth-order valence-corrected chi connectivity index (χ4v) is 11.2. The number of H-pyrrole nitrogens is 1. The molecule has 2 aliphatic rings. The summed E-state index contributed by atoms with van der Waals surface area (Å²) >= 11 is 6.24. The Morgan fingerprint density at radius 3 is 2.33 bits per heavy atom. The summed E-state index contributed by atoms with van der Waals surface area (Å²) in [6.45, 7) is 8.15. The highest BCUT2D eigenvalue weighted by Gasteiger charge is 2.48. The van der Waals surface area contributed by atoms with Gasteiger partial charge in [0.15, 0.2) is 0 Å². The molecular weight excluding hydrogens is 1010 g/mol. The number of hydrogen-bond donors (Lipinski definition) is 5. The number of allylic oxidation sites excluding steroid dienone is 1. The average molecular weight is 1060 g/mol. The number of anilines is 3. The third kappa shape index (κ3) is 13.0. The van der Waals surface area contributed by atoms with E-state index in [0.717, 1.165) is 56.6 Å². The van der Waals surface area contributed by atoms with E-state index in [1.807, 2.05) is 16.9 Å². The first-order chi connectivity index (χ1) is 34.6. The zero-order valence-corrected chi connectivity index (χ0v) is 42.4. The van der Waals surface area contributed by atoms with E-state index in [4.69, 9.17) is 21.4 Å². The number of piperazine rings is 1. The van der Waals surface area contributed by atoms with E-state index in [1.165, 1.54) is 29.0 Å². The van der Waals surface area contributed by atoms with Crippen LogP contribution in [0.15, 0.2) is 125 Å². The minimum absolute atomic E-state index is 0.0297. The van der Waals surface area contributed by atoms with Gasteiger partial charge in [0.05, 0.1) is 22.3 Å². The topological polar surface area (TPSA) is 203 Å². The number of hydrogen-bond acceptors (Lipinski definition) is 12. The molecule has 0 unspecified atom stereocenters. The van der Waals surface area contributed by atoms with E-state index in [1.54, 1.807) is 54.7 Å². The van der Waals surface area contributed by atoms with Crippen molar-refractivity contribution in [1.82, 2.24) is 19.6 Å². The number of sulfonamides is 1. The van der Waals surface area contributed by atoms with E-state index < -0.39 is 52.7 Å². The van der Waals surface area contributed by atoms with Crippen LogP contribution in [0.4, 0.5) is 30.2 Å². The molecule has 1 amide bonds. The number of carboxylic acids is 1. The molecule has 8 rings (SSSR count). The Hall–Kier alpha value is -6.61. The standard InChI is InChI=1S/C52H55ClF3N7O8S2/c1-51(2)20-18-37(44(31-51)35-8-10-38(53)11-9-35)33-62-24-26-63(27-25-62)40-14-16-43(46(29-40)71-41-28-36-19-21-59-49(36)60-32-41)50(66)61-73(69,70)42-15-17-45(47(30-42)72(67,68)52(54,55)56)58-23-22-57-39-12-6-34(7-13-39)4-3-5-48(64)65/h6-17,19,21,28-30,32,57-58H,3-5,18,20,22-27,31,33H2,1-2H3,(H,59,60)(H,61,66)(H,64,65). The second-order valence-corrected chi connectivity index (χ2v) is 22.9. The highest BCUT2D eigenvalue weighted by Crippen LogP contribution is 2.44. The highest BCUT2D eigenvalue weighted by atomic mass is 35.5. The molecule has 73 heavy (non-hydrogen) atoms. The van der Waals surface area contributed by atoms with Crippen molar-refractivity contribution in [2.45, 2.75) is 67.7 Å². The maximum absolute atomic E-state index is 14.1. The van der Waals surface area contributed by atoms with Crippen molar-refractivity contribution in [2.75, 3.05) is 61.3 Å². The normalized spacial score (nSPS) is 15.6. The predicted octanol–water partition coefficient (Wildman–Crippen LogP) is 10.1. The number of carbonyl (C=O) groups excluding carboxylic acids is 1. The van der Waals surface area contributed by atoms with Gasteiger partial charge in [-0.15, -0.1) is 0 Å². The van der Waals surface area contributed by atoms with Gasteiger partial charge in [0.25, 0.3) is 25.8 Å².